The molecule has 4 nitrogen and oxygen atoms in total. The second-order valence-corrected chi connectivity index (χ2v) is 6.71. The fourth-order valence-corrected chi connectivity index (χ4v) is 3.78. The zero-order valence-electron chi connectivity index (χ0n) is 13.8. The normalized spacial score (nSPS) is 28.8. The molecule has 2 aliphatic heterocycles. The van der Waals surface area contributed by atoms with Crippen LogP contribution in [0.2, 0.25) is 0 Å². The lowest BCUT2D eigenvalue weighted by Gasteiger charge is -2.46. The van der Waals surface area contributed by atoms with Crippen LogP contribution in [0.4, 0.5) is 0 Å². The summed E-state index contributed by atoms with van der Waals surface area (Å²) in [5, 5.41) is 0. The van der Waals surface area contributed by atoms with Crippen LogP contribution in [0.1, 0.15) is 18.9 Å². The van der Waals surface area contributed by atoms with Gasteiger partial charge in [-0.1, -0.05) is 37.3 Å². The standard InChI is InChI=1S/C18H30N4/c1-2-20-9-8-17(19)18(15-20)22-12-10-21(11-13-22)14-16-6-4-3-5-7-16/h3-7,17-18H,2,8-15,19H2,1H3. The third kappa shape index (κ3) is 3.87. The number of nitrogens with two attached hydrogens (primary N) is 1. The van der Waals surface area contributed by atoms with Crippen molar-refractivity contribution in [3.05, 3.63) is 35.9 Å². The fraction of sp³-hybridized carbons (Fsp3) is 0.667. The molecule has 22 heavy (non-hydrogen) atoms. The van der Waals surface area contributed by atoms with E-state index in [1.54, 1.807) is 0 Å². The van der Waals surface area contributed by atoms with Crippen LogP contribution in [-0.4, -0.2) is 72.6 Å². The van der Waals surface area contributed by atoms with Crippen molar-refractivity contribution in [2.24, 2.45) is 5.73 Å². The minimum absolute atomic E-state index is 0.350. The molecule has 2 aliphatic rings. The van der Waals surface area contributed by atoms with Crippen molar-refractivity contribution >= 4 is 0 Å². The second-order valence-electron chi connectivity index (χ2n) is 6.71. The Balaban J connectivity index is 1.50. The van der Waals surface area contributed by atoms with E-state index in [1.807, 2.05) is 0 Å². The smallest absolute Gasteiger partial charge is 0.0375 e. The highest BCUT2D eigenvalue weighted by atomic mass is 15.3. The van der Waals surface area contributed by atoms with Gasteiger partial charge < -0.3 is 10.6 Å². The number of piperazine rings is 1. The van der Waals surface area contributed by atoms with Gasteiger partial charge in [-0.15, -0.1) is 0 Å². The van der Waals surface area contributed by atoms with Gasteiger partial charge in [-0.25, -0.2) is 0 Å². The van der Waals surface area contributed by atoms with Crippen LogP contribution in [0.15, 0.2) is 30.3 Å². The van der Waals surface area contributed by atoms with Crippen molar-refractivity contribution in [2.45, 2.75) is 32.0 Å². The van der Waals surface area contributed by atoms with E-state index in [4.69, 9.17) is 5.73 Å². The molecule has 4 heteroatoms. The third-order valence-electron chi connectivity index (χ3n) is 5.29. The first-order valence-corrected chi connectivity index (χ1v) is 8.74. The van der Waals surface area contributed by atoms with Gasteiger partial charge in [0.15, 0.2) is 0 Å². The first-order valence-electron chi connectivity index (χ1n) is 8.74. The average molecular weight is 302 g/mol. The van der Waals surface area contributed by atoms with Gasteiger partial charge in [-0.2, -0.15) is 0 Å². The Bertz CT molecular complexity index is 442. The van der Waals surface area contributed by atoms with E-state index in [-0.39, 0.29) is 0 Å². The van der Waals surface area contributed by atoms with Crippen LogP contribution < -0.4 is 5.73 Å². The molecule has 1 aromatic carbocycles. The molecular weight excluding hydrogens is 272 g/mol. The predicted octanol–water partition coefficient (Wildman–Crippen LogP) is 1.23. The van der Waals surface area contributed by atoms with Gasteiger partial charge in [0, 0.05) is 51.4 Å². The topological polar surface area (TPSA) is 35.7 Å². The Morgan fingerprint density at radius 2 is 1.73 bits per heavy atom. The Morgan fingerprint density at radius 3 is 2.41 bits per heavy atom. The summed E-state index contributed by atoms with van der Waals surface area (Å²) in [4.78, 5) is 7.75. The van der Waals surface area contributed by atoms with Gasteiger partial charge in [-0.05, 0) is 25.1 Å². The number of hydrogen-bond acceptors (Lipinski definition) is 4. The molecule has 2 unspecified atom stereocenters. The van der Waals surface area contributed by atoms with E-state index >= 15 is 0 Å². The van der Waals surface area contributed by atoms with Gasteiger partial charge in [0.05, 0.1) is 0 Å². The van der Waals surface area contributed by atoms with E-state index in [9.17, 15) is 0 Å². The first kappa shape index (κ1) is 15.9. The highest BCUT2D eigenvalue weighted by molar-refractivity contribution is 5.14. The molecule has 2 N–H and O–H groups in total. The second kappa shape index (κ2) is 7.55. The molecule has 2 atom stereocenters. The molecule has 2 fully saturated rings. The van der Waals surface area contributed by atoms with E-state index in [0.717, 1.165) is 52.2 Å². The number of hydrogen-bond donors (Lipinski definition) is 1. The van der Waals surface area contributed by atoms with E-state index < -0.39 is 0 Å². The first-order chi connectivity index (χ1) is 10.8. The van der Waals surface area contributed by atoms with Crippen molar-refractivity contribution < 1.29 is 0 Å². The Hall–Kier alpha value is -0.940. The highest BCUT2D eigenvalue weighted by Gasteiger charge is 2.32. The summed E-state index contributed by atoms with van der Waals surface area (Å²) in [5.74, 6) is 0. The van der Waals surface area contributed by atoms with Crippen LogP contribution in [0.3, 0.4) is 0 Å². The van der Waals surface area contributed by atoms with Crippen LogP contribution >= 0.6 is 0 Å². The quantitative estimate of drug-likeness (QED) is 0.907. The minimum atomic E-state index is 0.350. The molecule has 0 aromatic heterocycles. The molecule has 2 saturated heterocycles. The molecule has 0 bridgehead atoms. The molecule has 1 aromatic rings. The van der Waals surface area contributed by atoms with Crippen molar-refractivity contribution in [1.29, 1.82) is 0 Å². The molecule has 3 rings (SSSR count). The van der Waals surface area contributed by atoms with Gasteiger partial charge in [-0.3, -0.25) is 9.80 Å². The predicted molar refractivity (Wildman–Crippen MR) is 91.8 cm³/mol. The molecule has 0 saturated carbocycles. The lowest BCUT2D eigenvalue weighted by molar-refractivity contribution is 0.0409. The van der Waals surface area contributed by atoms with E-state index in [2.05, 4.69) is 52.0 Å². The van der Waals surface area contributed by atoms with Crippen LogP contribution in [0, 0.1) is 0 Å². The maximum Gasteiger partial charge on any atom is 0.0375 e. The summed E-state index contributed by atoms with van der Waals surface area (Å²) < 4.78 is 0. The van der Waals surface area contributed by atoms with Gasteiger partial charge in [0.25, 0.3) is 0 Å². The number of likely N-dealkylation sites (tertiary alicyclic amines) is 1. The lowest BCUT2D eigenvalue weighted by atomic mass is 9.98. The SMILES string of the molecule is CCN1CCC(N)C(N2CCN(Cc3ccccc3)CC2)C1. The molecule has 2 heterocycles. The lowest BCUT2D eigenvalue weighted by Crippen LogP contribution is -2.61. The molecule has 0 amide bonds. The average Bonchev–Trinajstić information content (AvgIpc) is 2.57. The number of benzene rings is 1. The number of piperidine rings is 1. The largest absolute Gasteiger partial charge is 0.326 e. The van der Waals surface area contributed by atoms with E-state index in [1.165, 1.54) is 12.1 Å². The maximum absolute atomic E-state index is 6.40. The van der Waals surface area contributed by atoms with E-state index in [0.29, 0.717) is 12.1 Å². The third-order valence-corrected chi connectivity index (χ3v) is 5.29. The zero-order chi connectivity index (χ0) is 15.4. The molecule has 0 aliphatic carbocycles. The zero-order valence-corrected chi connectivity index (χ0v) is 13.8. The van der Waals surface area contributed by atoms with Crippen molar-refractivity contribution in [3.8, 4) is 0 Å². The summed E-state index contributed by atoms with van der Waals surface area (Å²) >= 11 is 0. The minimum Gasteiger partial charge on any atom is -0.326 e. The molecule has 0 spiro atoms. The Labute approximate surface area is 134 Å². The fourth-order valence-electron chi connectivity index (χ4n) is 3.78. The summed E-state index contributed by atoms with van der Waals surface area (Å²) in [5.41, 5.74) is 7.82. The monoisotopic (exact) mass is 302 g/mol. The van der Waals surface area contributed by atoms with Gasteiger partial charge in [0.1, 0.15) is 0 Å². The van der Waals surface area contributed by atoms with Crippen LogP contribution in [0.25, 0.3) is 0 Å². The summed E-state index contributed by atoms with van der Waals surface area (Å²) in [6.07, 6.45) is 1.14. The summed E-state index contributed by atoms with van der Waals surface area (Å²) in [6, 6.07) is 11.7. The summed E-state index contributed by atoms with van der Waals surface area (Å²) in [6.45, 7) is 11.4. The Kier molecular flexibility index (Phi) is 5.47. The van der Waals surface area contributed by atoms with Gasteiger partial charge in [0.2, 0.25) is 0 Å². The summed E-state index contributed by atoms with van der Waals surface area (Å²) in [7, 11) is 0. The van der Waals surface area contributed by atoms with Crippen LogP contribution in [0.5, 0.6) is 0 Å². The van der Waals surface area contributed by atoms with Crippen LogP contribution in [-0.2, 0) is 6.54 Å². The van der Waals surface area contributed by atoms with Crippen molar-refractivity contribution in [1.82, 2.24) is 14.7 Å². The Morgan fingerprint density at radius 1 is 1.00 bits per heavy atom. The maximum atomic E-state index is 6.40. The molecule has 0 radical (unpaired) electrons. The van der Waals surface area contributed by atoms with Crippen molar-refractivity contribution in [3.63, 3.8) is 0 Å². The molecule has 122 valence electrons. The molecular formula is C18H30N4. The number of likely N-dealkylation sites (N-methyl/N-ethyl adjacent to an activating group) is 1. The van der Waals surface area contributed by atoms with Gasteiger partial charge >= 0.3 is 0 Å². The highest BCUT2D eigenvalue weighted by Crippen LogP contribution is 2.18. The number of nitrogens with zero attached hydrogens (tertiary/aromatic N) is 3. The number of rotatable bonds is 4. The van der Waals surface area contributed by atoms with Crippen molar-refractivity contribution in [2.75, 3.05) is 45.8 Å².